The van der Waals surface area contributed by atoms with Crippen LogP contribution >= 0.6 is 11.6 Å². The van der Waals surface area contributed by atoms with Gasteiger partial charge in [-0.15, -0.1) is 5.10 Å². The predicted molar refractivity (Wildman–Crippen MR) is 153 cm³/mol. The molecule has 2 aliphatic heterocycles. The van der Waals surface area contributed by atoms with E-state index in [0.717, 1.165) is 37.7 Å². The van der Waals surface area contributed by atoms with Crippen LogP contribution in [0.25, 0.3) is 0 Å². The molecule has 1 aliphatic carbocycles. The first kappa shape index (κ1) is 28.6. The van der Waals surface area contributed by atoms with Crippen molar-refractivity contribution in [2.45, 2.75) is 70.1 Å². The second-order valence-corrected chi connectivity index (χ2v) is 11.0. The average Bonchev–Trinajstić information content (AvgIpc) is 3.45. The van der Waals surface area contributed by atoms with Crippen LogP contribution in [0.1, 0.15) is 60.1 Å². The van der Waals surface area contributed by atoms with Crippen LogP contribution in [0.5, 0.6) is 5.75 Å². The van der Waals surface area contributed by atoms with Crippen LogP contribution in [0.3, 0.4) is 0 Å². The first-order valence-electron chi connectivity index (χ1n) is 14.2. The standard InChI is InChI=1S/C30H35ClN6O4/c31-24-17-22-12-13-26(24)41-15-7-14-37-19-23(35-36-37)18-32-29(39)25(16-20-8-3-1-4-9-20)33-30(40)27(34-28(22)38)21-10-5-2-6-11-21/h1,3-4,8-9,12-13,17,19,21,25,27H,2,5-7,10-11,14-16,18H2,(H,32,39)(H,33,40)(H,34,38)/t25-,27-/m0/s1. The maximum atomic E-state index is 13.8. The summed E-state index contributed by atoms with van der Waals surface area (Å²) in [6, 6.07) is 12.7. The Balaban J connectivity index is 1.44. The molecule has 0 radical (unpaired) electrons. The lowest BCUT2D eigenvalue weighted by Gasteiger charge is -2.31. The maximum absolute atomic E-state index is 13.8. The summed E-state index contributed by atoms with van der Waals surface area (Å²) < 4.78 is 7.51. The molecule has 3 heterocycles. The minimum atomic E-state index is -0.848. The number of hydrogen-bond acceptors (Lipinski definition) is 6. The summed E-state index contributed by atoms with van der Waals surface area (Å²) in [5.41, 5.74) is 1.84. The molecule has 1 fully saturated rings. The lowest BCUT2D eigenvalue weighted by molar-refractivity contribution is -0.130. The van der Waals surface area contributed by atoms with Gasteiger partial charge in [0.1, 0.15) is 23.5 Å². The highest BCUT2D eigenvalue weighted by atomic mass is 35.5. The quantitative estimate of drug-likeness (QED) is 0.409. The number of fused-ring (bicyclic) bond motifs is 13. The van der Waals surface area contributed by atoms with Crippen molar-refractivity contribution in [3.8, 4) is 5.75 Å². The number of nitrogens with one attached hydrogen (secondary N) is 3. The number of halogens is 1. The number of benzene rings is 2. The van der Waals surface area contributed by atoms with Gasteiger partial charge in [0.2, 0.25) is 11.8 Å². The van der Waals surface area contributed by atoms with E-state index in [1.54, 1.807) is 29.1 Å². The van der Waals surface area contributed by atoms with Crippen LogP contribution in [0, 0.1) is 5.92 Å². The van der Waals surface area contributed by atoms with Gasteiger partial charge in [0.15, 0.2) is 0 Å². The number of carbonyl (C=O) groups is 3. The molecule has 3 aliphatic rings. The molecule has 1 saturated carbocycles. The molecule has 0 unspecified atom stereocenters. The molecular formula is C30H35ClN6O4. The first-order valence-corrected chi connectivity index (χ1v) is 14.6. The summed E-state index contributed by atoms with van der Waals surface area (Å²) in [7, 11) is 0. The van der Waals surface area contributed by atoms with Crippen LogP contribution in [0.2, 0.25) is 5.02 Å². The van der Waals surface area contributed by atoms with E-state index < -0.39 is 18.0 Å². The molecule has 2 atom stereocenters. The minimum Gasteiger partial charge on any atom is -0.492 e. The Morgan fingerprint density at radius 2 is 1.76 bits per heavy atom. The molecular weight excluding hydrogens is 544 g/mol. The Morgan fingerprint density at radius 3 is 2.54 bits per heavy atom. The molecule has 3 N–H and O–H groups in total. The zero-order valence-corrected chi connectivity index (χ0v) is 23.6. The Hall–Kier alpha value is -3.92. The Bertz CT molecular complexity index is 1360. The third-order valence-electron chi connectivity index (χ3n) is 7.62. The number of carbonyl (C=O) groups excluding carboxylic acids is 3. The summed E-state index contributed by atoms with van der Waals surface area (Å²) in [6.45, 7) is 1.12. The SMILES string of the molecule is O=C1N[C@@H](C2CCCCC2)C(=O)N[C@@H](Cc2ccccc2)C(=O)NCc2cn(nn2)CCCOc2ccc1cc2Cl. The van der Waals surface area contributed by atoms with E-state index in [0.29, 0.717) is 48.0 Å². The average molecular weight is 579 g/mol. The smallest absolute Gasteiger partial charge is 0.251 e. The number of aromatic nitrogens is 3. The summed E-state index contributed by atoms with van der Waals surface area (Å²) in [5, 5.41) is 17.4. The summed E-state index contributed by atoms with van der Waals surface area (Å²) >= 11 is 6.45. The van der Waals surface area contributed by atoms with Gasteiger partial charge in [-0.25, -0.2) is 0 Å². The van der Waals surface area contributed by atoms with Crippen molar-refractivity contribution in [2.75, 3.05) is 6.61 Å². The fourth-order valence-electron chi connectivity index (χ4n) is 5.41. The number of nitrogens with zero attached hydrogens (tertiary/aromatic N) is 3. The first-order chi connectivity index (χ1) is 20.0. The van der Waals surface area contributed by atoms with Crippen molar-refractivity contribution >= 4 is 29.3 Å². The second-order valence-electron chi connectivity index (χ2n) is 10.6. The summed E-state index contributed by atoms with van der Waals surface area (Å²) in [4.78, 5) is 40.6. The van der Waals surface area contributed by atoms with Crippen LogP contribution < -0.4 is 20.7 Å². The van der Waals surface area contributed by atoms with Gasteiger partial charge in [0.05, 0.1) is 24.4 Å². The number of rotatable bonds is 3. The van der Waals surface area contributed by atoms with E-state index in [1.807, 2.05) is 30.3 Å². The molecule has 6 rings (SSSR count). The molecule has 10 nitrogen and oxygen atoms in total. The normalized spacial score (nSPS) is 21.3. The van der Waals surface area contributed by atoms with Crippen molar-refractivity contribution in [1.82, 2.24) is 30.9 Å². The molecule has 11 heteroatoms. The largest absolute Gasteiger partial charge is 0.492 e. The van der Waals surface area contributed by atoms with E-state index in [2.05, 4.69) is 26.3 Å². The van der Waals surface area contributed by atoms with Gasteiger partial charge in [-0.3, -0.25) is 19.1 Å². The van der Waals surface area contributed by atoms with E-state index >= 15 is 0 Å². The highest BCUT2D eigenvalue weighted by Crippen LogP contribution is 2.28. The third kappa shape index (κ3) is 7.64. The highest BCUT2D eigenvalue weighted by Gasteiger charge is 2.34. The molecule has 4 bridgehead atoms. The number of ether oxygens (including phenoxy) is 1. The highest BCUT2D eigenvalue weighted by molar-refractivity contribution is 6.32. The van der Waals surface area contributed by atoms with E-state index in [4.69, 9.17) is 16.3 Å². The molecule has 41 heavy (non-hydrogen) atoms. The molecule has 3 amide bonds. The predicted octanol–water partition coefficient (Wildman–Crippen LogP) is 3.44. The van der Waals surface area contributed by atoms with Gasteiger partial charge in [-0.05, 0) is 42.5 Å². The fourth-order valence-corrected chi connectivity index (χ4v) is 5.64. The number of amides is 3. The van der Waals surface area contributed by atoms with E-state index in [-0.39, 0.29) is 24.3 Å². The monoisotopic (exact) mass is 578 g/mol. The van der Waals surface area contributed by atoms with Crippen molar-refractivity contribution in [2.24, 2.45) is 5.92 Å². The van der Waals surface area contributed by atoms with Crippen LogP contribution in [0.15, 0.2) is 54.7 Å². The van der Waals surface area contributed by atoms with Gasteiger partial charge < -0.3 is 20.7 Å². The van der Waals surface area contributed by atoms with Gasteiger partial charge in [0, 0.05) is 24.9 Å². The molecule has 2 aromatic carbocycles. The number of aryl methyl sites for hydroxylation is 1. The third-order valence-corrected chi connectivity index (χ3v) is 7.91. The van der Waals surface area contributed by atoms with E-state index in [9.17, 15) is 14.4 Å². The summed E-state index contributed by atoms with van der Waals surface area (Å²) in [5.74, 6) is -0.686. The van der Waals surface area contributed by atoms with Crippen LogP contribution in [-0.2, 0) is 29.1 Å². The van der Waals surface area contributed by atoms with Crippen molar-refractivity contribution in [3.05, 3.63) is 76.6 Å². The fraction of sp³-hybridized carbons (Fsp3) is 0.433. The summed E-state index contributed by atoms with van der Waals surface area (Å²) in [6.07, 6.45) is 7.43. The van der Waals surface area contributed by atoms with Crippen molar-refractivity contribution < 1.29 is 19.1 Å². The zero-order valence-electron chi connectivity index (χ0n) is 22.9. The lowest BCUT2D eigenvalue weighted by Crippen LogP contribution is -2.56. The zero-order chi connectivity index (χ0) is 28.6. The van der Waals surface area contributed by atoms with Gasteiger partial charge in [-0.1, -0.05) is 66.4 Å². The Morgan fingerprint density at radius 1 is 0.951 bits per heavy atom. The van der Waals surface area contributed by atoms with Crippen molar-refractivity contribution in [3.63, 3.8) is 0 Å². The topological polar surface area (TPSA) is 127 Å². The molecule has 3 aromatic rings. The van der Waals surface area contributed by atoms with Gasteiger partial charge >= 0.3 is 0 Å². The van der Waals surface area contributed by atoms with Gasteiger partial charge in [0.25, 0.3) is 5.91 Å². The Kier molecular flexibility index (Phi) is 9.51. The number of hydrogen-bond donors (Lipinski definition) is 3. The lowest BCUT2D eigenvalue weighted by atomic mass is 9.83. The Labute approximate surface area is 244 Å². The van der Waals surface area contributed by atoms with Crippen LogP contribution in [-0.4, -0.2) is 51.4 Å². The second kappa shape index (κ2) is 13.6. The molecule has 216 valence electrons. The van der Waals surface area contributed by atoms with Gasteiger partial charge in [-0.2, -0.15) is 0 Å². The van der Waals surface area contributed by atoms with E-state index in [1.165, 1.54) is 0 Å². The molecule has 0 saturated heterocycles. The molecule has 0 spiro atoms. The van der Waals surface area contributed by atoms with Crippen LogP contribution in [0.4, 0.5) is 0 Å². The maximum Gasteiger partial charge on any atom is 0.251 e. The minimum absolute atomic E-state index is 0.0425. The molecule has 1 aromatic heterocycles. The van der Waals surface area contributed by atoms with Crippen molar-refractivity contribution in [1.29, 1.82) is 0 Å².